The molecule has 18 heavy (non-hydrogen) atoms. The number of esters is 1. The van der Waals surface area contributed by atoms with Gasteiger partial charge >= 0.3 is 11.0 Å². The van der Waals surface area contributed by atoms with Gasteiger partial charge in [-0.2, -0.15) is 0 Å². The molecule has 1 N–H and O–H groups in total. The van der Waals surface area contributed by atoms with Crippen LogP contribution in [0.4, 0.5) is 5.00 Å². The number of thiophene rings is 1. The fraction of sp³-hybridized carbons (Fsp3) is 0.200. The van der Waals surface area contributed by atoms with E-state index in [4.69, 9.17) is 4.74 Å². The van der Waals surface area contributed by atoms with Crippen molar-refractivity contribution in [2.75, 3.05) is 6.61 Å². The van der Waals surface area contributed by atoms with Crippen LogP contribution in [0.25, 0.3) is 10.2 Å². The Balaban J connectivity index is 2.57. The van der Waals surface area contributed by atoms with Crippen molar-refractivity contribution in [2.24, 2.45) is 0 Å². The van der Waals surface area contributed by atoms with Crippen molar-refractivity contribution in [3.8, 4) is 0 Å². The van der Waals surface area contributed by atoms with Crippen molar-refractivity contribution in [1.82, 2.24) is 4.98 Å². The van der Waals surface area contributed by atoms with Crippen LogP contribution in [-0.4, -0.2) is 28.8 Å². The first-order valence-corrected chi connectivity index (χ1v) is 5.82. The van der Waals surface area contributed by atoms with Crippen LogP contribution in [0.3, 0.4) is 0 Å². The topological polar surface area (TPSA) is 102 Å². The molecule has 2 aromatic heterocycles. The lowest BCUT2D eigenvalue weighted by molar-refractivity contribution is -0.380. The highest BCUT2D eigenvalue weighted by molar-refractivity contribution is 7.22. The fourth-order valence-corrected chi connectivity index (χ4v) is 2.49. The Morgan fingerprint density at radius 2 is 2.39 bits per heavy atom. The lowest BCUT2D eigenvalue weighted by Gasteiger charge is -1.99. The molecule has 0 radical (unpaired) electrons. The van der Waals surface area contributed by atoms with Gasteiger partial charge in [0.1, 0.15) is 5.69 Å². The predicted octanol–water partition coefficient (Wildman–Crippen LogP) is 2.13. The number of aldehydes is 1. The number of nitrogens with one attached hydrogen (secondary N) is 1. The van der Waals surface area contributed by atoms with Crippen molar-refractivity contribution < 1.29 is 19.2 Å². The van der Waals surface area contributed by atoms with Crippen LogP contribution in [0.15, 0.2) is 6.07 Å². The van der Waals surface area contributed by atoms with E-state index in [9.17, 15) is 19.7 Å². The number of hydrogen-bond acceptors (Lipinski definition) is 6. The number of aromatic nitrogens is 1. The Labute approximate surface area is 105 Å². The summed E-state index contributed by atoms with van der Waals surface area (Å²) in [5, 5.41) is 10.5. The molecule has 0 saturated heterocycles. The molecular formula is C10H8N2O5S. The standard InChI is InChI=1S/C10H8N2O5S/c1-2-17-10(14)8-5(4-13)9-6(11-8)3-7(18-9)12(15)16/h3-4,11H,2H2,1H3. The minimum absolute atomic E-state index is 0.0306. The zero-order valence-corrected chi connectivity index (χ0v) is 10.1. The average Bonchev–Trinajstić information content (AvgIpc) is 2.85. The summed E-state index contributed by atoms with van der Waals surface area (Å²) in [5.74, 6) is -0.648. The van der Waals surface area contributed by atoms with E-state index in [0.717, 1.165) is 11.3 Å². The molecule has 0 unspecified atom stereocenters. The molecule has 0 bridgehead atoms. The van der Waals surface area contributed by atoms with Crippen LogP contribution in [0.1, 0.15) is 27.8 Å². The number of carbonyl (C=O) groups excluding carboxylic acids is 2. The number of ether oxygens (including phenoxy) is 1. The van der Waals surface area contributed by atoms with Gasteiger partial charge in [-0.1, -0.05) is 11.3 Å². The molecule has 2 heterocycles. The highest BCUT2D eigenvalue weighted by Crippen LogP contribution is 2.34. The van der Waals surface area contributed by atoms with Crippen LogP contribution in [0, 0.1) is 10.1 Å². The van der Waals surface area contributed by atoms with Gasteiger partial charge in [-0.25, -0.2) is 4.79 Å². The van der Waals surface area contributed by atoms with Crippen molar-refractivity contribution in [2.45, 2.75) is 6.92 Å². The van der Waals surface area contributed by atoms with E-state index in [2.05, 4.69) is 4.98 Å². The maximum Gasteiger partial charge on any atom is 0.355 e. The minimum Gasteiger partial charge on any atom is -0.461 e. The van der Waals surface area contributed by atoms with Crippen molar-refractivity contribution in [1.29, 1.82) is 0 Å². The Bertz CT molecular complexity index is 642. The highest BCUT2D eigenvalue weighted by Gasteiger charge is 2.23. The molecule has 0 aliphatic rings. The molecule has 0 aliphatic heterocycles. The first-order chi connectivity index (χ1) is 8.58. The summed E-state index contributed by atoms with van der Waals surface area (Å²) in [6.45, 7) is 1.83. The van der Waals surface area contributed by atoms with Gasteiger partial charge in [0.15, 0.2) is 6.29 Å². The average molecular weight is 268 g/mol. The molecule has 0 fully saturated rings. The molecule has 0 atom stereocenters. The molecule has 8 heteroatoms. The second-order valence-corrected chi connectivity index (χ2v) is 4.37. The van der Waals surface area contributed by atoms with Gasteiger partial charge in [0.05, 0.1) is 33.4 Å². The van der Waals surface area contributed by atoms with Crippen molar-refractivity contribution in [3.63, 3.8) is 0 Å². The number of H-pyrrole nitrogens is 1. The normalized spacial score (nSPS) is 10.5. The minimum atomic E-state index is -0.648. The van der Waals surface area contributed by atoms with Gasteiger partial charge in [-0.05, 0) is 6.92 Å². The zero-order valence-electron chi connectivity index (χ0n) is 9.26. The second kappa shape index (κ2) is 4.57. The maximum absolute atomic E-state index is 11.6. The Kier molecular flexibility index (Phi) is 3.11. The lowest BCUT2D eigenvalue weighted by Crippen LogP contribution is -2.07. The first-order valence-electron chi connectivity index (χ1n) is 5.00. The molecule has 94 valence electrons. The summed E-state index contributed by atoms with van der Waals surface area (Å²) < 4.78 is 5.18. The monoisotopic (exact) mass is 268 g/mol. The van der Waals surface area contributed by atoms with E-state index in [1.165, 1.54) is 6.07 Å². The summed E-state index contributed by atoms with van der Waals surface area (Å²) >= 11 is 0.844. The van der Waals surface area contributed by atoms with Gasteiger partial charge in [0, 0.05) is 0 Å². The van der Waals surface area contributed by atoms with E-state index in [1.807, 2.05) is 0 Å². The summed E-state index contributed by atoms with van der Waals surface area (Å²) in [7, 11) is 0. The summed E-state index contributed by atoms with van der Waals surface area (Å²) in [4.78, 5) is 35.3. The molecule has 0 amide bonds. The molecule has 0 saturated carbocycles. The molecular weight excluding hydrogens is 260 g/mol. The van der Waals surface area contributed by atoms with E-state index < -0.39 is 10.9 Å². The van der Waals surface area contributed by atoms with E-state index >= 15 is 0 Å². The van der Waals surface area contributed by atoms with E-state index in [0.29, 0.717) is 16.5 Å². The number of nitro groups is 1. The van der Waals surface area contributed by atoms with E-state index in [-0.39, 0.29) is 22.9 Å². The molecule has 2 rings (SSSR count). The van der Waals surface area contributed by atoms with Crippen LogP contribution in [0.2, 0.25) is 0 Å². The number of hydrogen-bond donors (Lipinski definition) is 1. The number of carbonyl (C=O) groups is 2. The van der Waals surface area contributed by atoms with Crippen LogP contribution >= 0.6 is 11.3 Å². The number of rotatable bonds is 4. The maximum atomic E-state index is 11.6. The van der Waals surface area contributed by atoms with Gasteiger partial charge < -0.3 is 9.72 Å². The van der Waals surface area contributed by atoms with Crippen LogP contribution in [0.5, 0.6) is 0 Å². The summed E-state index contributed by atoms with van der Waals surface area (Å²) in [6, 6.07) is 1.29. The van der Waals surface area contributed by atoms with Gasteiger partial charge in [0.2, 0.25) is 0 Å². The lowest BCUT2D eigenvalue weighted by atomic mass is 10.2. The Morgan fingerprint density at radius 1 is 1.67 bits per heavy atom. The number of nitrogens with zero attached hydrogens (tertiary/aromatic N) is 1. The SMILES string of the molecule is CCOC(=O)c1[nH]c2cc([N+](=O)[O-])sc2c1C=O. The molecule has 2 aromatic rings. The van der Waals surface area contributed by atoms with Gasteiger partial charge in [-0.15, -0.1) is 0 Å². The third-order valence-corrected chi connectivity index (χ3v) is 3.39. The zero-order chi connectivity index (χ0) is 13.3. The van der Waals surface area contributed by atoms with Gasteiger partial charge in [-0.3, -0.25) is 14.9 Å². The molecule has 0 aliphatic carbocycles. The second-order valence-electron chi connectivity index (χ2n) is 3.34. The number of aromatic amines is 1. The van der Waals surface area contributed by atoms with Crippen LogP contribution < -0.4 is 0 Å². The molecule has 7 nitrogen and oxygen atoms in total. The number of fused-ring (bicyclic) bond motifs is 1. The Morgan fingerprint density at radius 3 is 2.94 bits per heavy atom. The fourth-order valence-electron chi connectivity index (χ4n) is 1.55. The predicted molar refractivity (Wildman–Crippen MR) is 64.2 cm³/mol. The summed E-state index contributed by atoms with van der Waals surface area (Å²) in [5.41, 5.74) is 0.515. The van der Waals surface area contributed by atoms with Gasteiger partial charge in [0.25, 0.3) is 0 Å². The smallest absolute Gasteiger partial charge is 0.355 e. The first kappa shape index (κ1) is 12.2. The highest BCUT2D eigenvalue weighted by atomic mass is 32.1. The molecule has 0 spiro atoms. The molecule has 0 aromatic carbocycles. The Hall–Kier alpha value is -2.22. The van der Waals surface area contributed by atoms with E-state index in [1.54, 1.807) is 6.92 Å². The third kappa shape index (κ3) is 1.86. The quantitative estimate of drug-likeness (QED) is 0.396. The van der Waals surface area contributed by atoms with Crippen molar-refractivity contribution >= 4 is 38.8 Å². The summed E-state index contributed by atoms with van der Waals surface area (Å²) in [6.07, 6.45) is 0.491. The van der Waals surface area contributed by atoms with Crippen molar-refractivity contribution in [3.05, 3.63) is 27.4 Å². The third-order valence-electron chi connectivity index (χ3n) is 2.27. The largest absolute Gasteiger partial charge is 0.461 e. The van der Waals surface area contributed by atoms with Crippen LogP contribution in [-0.2, 0) is 4.74 Å².